The largest absolute Gasteiger partial charge is 0.496 e. The zero-order valence-corrected chi connectivity index (χ0v) is 13.6. The van der Waals surface area contributed by atoms with Crippen LogP contribution in [-0.2, 0) is 11.2 Å². The number of halogens is 1. The molecule has 1 heterocycles. The first kappa shape index (κ1) is 17.8. The van der Waals surface area contributed by atoms with Gasteiger partial charge in [0.1, 0.15) is 5.75 Å². The highest BCUT2D eigenvalue weighted by Crippen LogP contribution is 2.18. The first-order valence-electron chi connectivity index (χ1n) is 7.30. The summed E-state index contributed by atoms with van der Waals surface area (Å²) in [5.74, 6) is 1.12. The van der Waals surface area contributed by atoms with Gasteiger partial charge in [0, 0.05) is 26.1 Å². The Hall–Kier alpha value is -1.26. The molecule has 1 amide bonds. The number of hydrogen-bond donors (Lipinski definition) is 1. The molecular formula is C16H25ClN2O2. The van der Waals surface area contributed by atoms with E-state index in [1.807, 2.05) is 30.1 Å². The summed E-state index contributed by atoms with van der Waals surface area (Å²) in [7, 11) is 3.56. The Balaban J connectivity index is 0.00000220. The lowest BCUT2D eigenvalue weighted by atomic mass is 10.1. The molecule has 1 aromatic carbocycles. The summed E-state index contributed by atoms with van der Waals surface area (Å²) in [5, 5.41) is 3.37. The summed E-state index contributed by atoms with van der Waals surface area (Å²) in [4.78, 5) is 14.0. The van der Waals surface area contributed by atoms with Crippen LogP contribution in [0.5, 0.6) is 5.75 Å². The average Bonchev–Trinajstić information content (AvgIpc) is 2.97. The highest BCUT2D eigenvalue weighted by molar-refractivity contribution is 5.85. The van der Waals surface area contributed by atoms with Gasteiger partial charge in [0.25, 0.3) is 0 Å². The summed E-state index contributed by atoms with van der Waals surface area (Å²) in [5.41, 5.74) is 1.15. The number of carbonyl (C=O) groups is 1. The Morgan fingerprint density at radius 3 is 2.86 bits per heavy atom. The van der Waals surface area contributed by atoms with Gasteiger partial charge in [-0.2, -0.15) is 0 Å². The third kappa shape index (κ3) is 5.21. The molecule has 0 saturated carbocycles. The fourth-order valence-corrected chi connectivity index (χ4v) is 2.62. The van der Waals surface area contributed by atoms with E-state index in [-0.39, 0.29) is 18.3 Å². The molecule has 5 heteroatoms. The van der Waals surface area contributed by atoms with Gasteiger partial charge in [0.2, 0.25) is 5.91 Å². The molecule has 0 aromatic heterocycles. The molecule has 0 radical (unpaired) electrons. The molecule has 1 aromatic rings. The van der Waals surface area contributed by atoms with Crippen LogP contribution in [0.4, 0.5) is 0 Å². The molecule has 1 aliphatic heterocycles. The molecule has 21 heavy (non-hydrogen) atoms. The normalized spacial score (nSPS) is 17.1. The summed E-state index contributed by atoms with van der Waals surface area (Å²) in [6.45, 7) is 1.77. The number of methoxy groups -OCH3 is 1. The van der Waals surface area contributed by atoms with Crippen molar-refractivity contribution < 1.29 is 9.53 Å². The minimum Gasteiger partial charge on any atom is -0.496 e. The number of nitrogens with one attached hydrogen (secondary N) is 1. The Kier molecular flexibility index (Phi) is 7.54. The van der Waals surface area contributed by atoms with Crippen LogP contribution in [0.1, 0.15) is 24.8 Å². The molecule has 1 unspecified atom stereocenters. The van der Waals surface area contributed by atoms with Gasteiger partial charge in [-0.15, -0.1) is 12.4 Å². The van der Waals surface area contributed by atoms with Crippen molar-refractivity contribution in [2.75, 3.05) is 27.2 Å². The standard InChI is InChI=1S/C16H24N2O2.ClH/c1-18(16(19)12-14-7-5-10-17-14)11-9-13-6-3-4-8-15(13)20-2;/h3-4,6,8,14,17H,5,7,9-12H2,1-2H3;1H. The summed E-state index contributed by atoms with van der Waals surface area (Å²) in [6.07, 6.45) is 3.74. The molecule has 1 saturated heterocycles. The average molecular weight is 313 g/mol. The Labute approximate surface area is 133 Å². The number of ether oxygens (including phenoxy) is 1. The molecular weight excluding hydrogens is 288 g/mol. The van der Waals surface area contributed by atoms with Gasteiger partial charge in [-0.1, -0.05) is 18.2 Å². The van der Waals surface area contributed by atoms with Crippen molar-refractivity contribution in [3.63, 3.8) is 0 Å². The van der Waals surface area contributed by atoms with Crippen LogP contribution in [0, 0.1) is 0 Å². The molecule has 0 spiro atoms. The summed E-state index contributed by atoms with van der Waals surface area (Å²) >= 11 is 0. The molecule has 2 rings (SSSR count). The van der Waals surface area contributed by atoms with Gasteiger partial charge in [0.15, 0.2) is 0 Å². The van der Waals surface area contributed by atoms with Crippen LogP contribution in [0.15, 0.2) is 24.3 Å². The topological polar surface area (TPSA) is 41.6 Å². The molecule has 1 fully saturated rings. The molecule has 0 bridgehead atoms. The lowest BCUT2D eigenvalue weighted by Crippen LogP contribution is -2.34. The molecule has 4 nitrogen and oxygen atoms in total. The number of likely N-dealkylation sites (N-methyl/N-ethyl adjacent to an activating group) is 1. The number of carbonyl (C=O) groups excluding carboxylic acids is 1. The van der Waals surface area contributed by atoms with E-state index in [0.717, 1.165) is 37.2 Å². The van der Waals surface area contributed by atoms with Gasteiger partial charge in [-0.05, 0) is 37.4 Å². The van der Waals surface area contributed by atoms with E-state index in [2.05, 4.69) is 11.4 Å². The highest BCUT2D eigenvalue weighted by Gasteiger charge is 2.19. The van der Waals surface area contributed by atoms with E-state index in [4.69, 9.17) is 4.74 Å². The maximum Gasteiger partial charge on any atom is 0.223 e. The van der Waals surface area contributed by atoms with E-state index in [1.165, 1.54) is 6.42 Å². The third-order valence-corrected chi connectivity index (χ3v) is 3.92. The van der Waals surface area contributed by atoms with E-state index in [9.17, 15) is 4.79 Å². The van der Waals surface area contributed by atoms with Crippen LogP contribution in [-0.4, -0.2) is 44.1 Å². The minimum atomic E-state index is 0. The zero-order valence-electron chi connectivity index (χ0n) is 12.8. The Morgan fingerprint density at radius 2 is 2.19 bits per heavy atom. The van der Waals surface area contributed by atoms with Crippen LogP contribution in [0.2, 0.25) is 0 Å². The predicted octanol–water partition coefficient (Wildman–Crippen LogP) is 2.26. The van der Waals surface area contributed by atoms with Gasteiger partial charge >= 0.3 is 0 Å². The summed E-state index contributed by atoms with van der Waals surface area (Å²) < 4.78 is 5.33. The number of benzene rings is 1. The second-order valence-corrected chi connectivity index (χ2v) is 5.37. The van der Waals surface area contributed by atoms with E-state index >= 15 is 0 Å². The third-order valence-electron chi connectivity index (χ3n) is 3.92. The fourth-order valence-electron chi connectivity index (χ4n) is 2.62. The van der Waals surface area contributed by atoms with E-state index in [1.54, 1.807) is 7.11 Å². The number of amides is 1. The van der Waals surface area contributed by atoms with Crippen LogP contribution >= 0.6 is 12.4 Å². The van der Waals surface area contributed by atoms with Crippen molar-refractivity contribution in [3.05, 3.63) is 29.8 Å². The molecule has 118 valence electrons. The monoisotopic (exact) mass is 312 g/mol. The maximum absolute atomic E-state index is 12.1. The van der Waals surface area contributed by atoms with Crippen molar-refractivity contribution in [3.8, 4) is 5.75 Å². The summed E-state index contributed by atoms with van der Waals surface area (Å²) in [6, 6.07) is 8.34. The van der Waals surface area contributed by atoms with Crippen molar-refractivity contribution in [1.29, 1.82) is 0 Å². The van der Waals surface area contributed by atoms with Gasteiger partial charge in [0.05, 0.1) is 7.11 Å². The molecule has 0 aliphatic carbocycles. The molecule has 1 atom stereocenters. The van der Waals surface area contributed by atoms with Crippen molar-refractivity contribution in [1.82, 2.24) is 10.2 Å². The lowest BCUT2D eigenvalue weighted by Gasteiger charge is -2.20. The van der Waals surface area contributed by atoms with E-state index in [0.29, 0.717) is 12.5 Å². The fraction of sp³-hybridized carbons (Fsp3) is 0.562. The van der Waals surface area contributed by atoms with Crippen molar-refractivity contribution >= 4 is 18.3 Å². The number of para-hydroxylation sites is 1. The van der Waals surface area contributed by atoms with Gasteiger partial charge in [-0.3, -0.25) is 4.79 Å². The lowest BCUT2D eigenvalue weighted by molar-refractivity contribution is -0.130. The highest BCUT2D eigenvalue weighted by atomic mass is 35.5. The first-order chi connectivity index (χ1) is 9.70. The van der Waals surface area contributed by atoms with Crippen LogP contribution < -0.4 is 10.1 Å². The Bertz CT molecular complexity index is 448. The first-order valence-corrected chi connectivity index (χ1v) is 7.30. The smallest absolute Gasteiger partial charge is 0.223 e. The zero-order chi connectivity index (χ0) is 14.4. The second kappa shape index (κ2) is 8.90. The van der Waals surface area contributed by atoms with Gasteiger partial charge in [-0.25, -0.2) is 0 Å². The van der Waals surface area contributed by atoms with Crippen molar-refractivity contribution in [2.24, 2.45) is 0 Å². The quantitative estimate of drug-likeness (QED) is 0.876. The number of nitrogens with zero attached hydrogens (tertiary/aromatic N) is 1. The van der Waals surface area contributed by atoms with Crippen LogP contribution in [0.3, 0.4) is 0 Å². The van der Waals surface area contributed by atoms with Crippen molar-refractivity contribution in [2.45, 2.75) is 31.7 Å². The Morgan fingerprint density at radius 1 is 1.43 bits per heavy atom. The molecule has 1 aliphatic rings. The number of rotatable bonds is 6. The maximum atomic E-state index is 12.1. The SMILES string of the molecule is COc1ccccc1CCN(C)C(=O)CC1CCCN1.Cl. The number of hydrogen-bond acceptors (Lipinski definition) is 3. The van der Waals surface area contributed by atoms with E-state index < -0.39 is 0 Å². The van der Waals surface area contributed by atoms with Crippen LogP contribution in [0.25, 0.3) is 0 Å². The minimum absolute atomic E-state index is 0. The molecule has 1 N–H and O–H groups in total. The van der Waals surface area contributed by atoms with Gasteiger partial charge < -0.3 is 15.0 Å². The predicted molar refractivity (Wildman–Crippen MR) is 87.2 cm³/mol. The second-order valence-electron chi connectivity index (χ2n) is 5.37.